The maximum Gasteiger partial charge on any atom is 0.233 e. The summed E-state index contributed by atoms with van der Waals surface area (Å²) in [6, 6.07) is 6.47. The molecule has 1 fully saturated rings. The number of rotatable bonds is 10. The topological polar surface area (TPSA) is 50.8 Å². The second-order valence-corrected chi connectivity index (χ2v) is 8.43. The summed E-state index contributed by atoms with van der Waals surface area (Å²) in [4.78, 5) is 16.0. The van der Waals surface area contributed by atoms with E-state index in [0.29, 0.717) is 11.5 Å². The third-order valence-electron chi connectivity index (χ3n) is 5.18. The quantitative estimate of drug-likeness (QED) is 0.481. The van der Waals surface area contributed by atoms with Gasteiger partial charge in [-0.3, -0.25) is 4.79 Å². The third-order valence-corrected chi connectivity index (χ3v) is 6.27. The number of amides is 1. The molecule has 0 bridgehead atoms. The van der Waals surface area contributed by atoms with Crippen LogP contribution in [0.5, 0.6) is 11.5 Å². The smallest absolute Gasteiger partial charge is 0.233 e. The molecule has 1 heterocycles. The van der Waals surface area contributed by atoms with Gasteiger partial charge in [0, 0.05) is 24.0 Å². The molecule has 27 heavy (non-hydrogen) atoms. The van der Waals surface area contributed by atoms with Crippen molar-refractivity contribution >= 4 is 17.7 Å². The van der Waals surface area contributed by atoms with Crippen molar-refractivity contribution in [2.24, 2.45) is 0 Å². The Morgan fingerprint density at radius 3 is 2.78 bits per heavy atom. The summed E-state index contributed by atoms with van der Waals surface area (Å²) >= 11 is 1.53. The number of carbonyl (C=O) groups excluding carboxylic acids is 1. The van der Waals surface area contributed by atoms with Crippen LogP contribution in [-0.4, -0.2) is 56.0 Å². The molecule has 1 N–H and O–H groups in total. The number of benzene rings is 1. The predicted molar refractivity (Wildman–Crippen MR) is 112 cm³/mol. The maximum atomic E-state index is 12.4. The van der Waals surface area contributed by atoms with Crippen LogP contribution >= 0.6 is 11.8 Å². The Morgan fingerprint density at radius 1 is 1.30 bits per heavy atom. The van der Waals surface area contributed by atoms with Crippen LogP contribution in [0, 0.1) is 0 Å². The van der Waals surface area contributed by atoms with Gasteiger partial charge in [-0.1, -0.05) is 13.3 Å². The number of nitrogens with zero attached hydrogens (tertiary/aromatic N) is 1. The summed E-state index contributed by atoms with van der Waals surface area (Å²) in [6.07, 6.45) is 6.22. The summed E-state index contributed by atoms with van der Waals surface area (Å²) in [5, 5.41) is 2.93. The highest BCUT2D eigenvalue weighted by Crippen LogP contribution is 2.33. The minimum absolute atomic E-state index is 0.0838. The first-order valence-corrected chi connectivity index (χ1v) is 10.9. The lowest BCUT2D eigenvalue weighted by atomic mass is 10.00. The number of hydrogen-bond donors (Lipinski definition) is 1. The molecule has 5 nitrogen and oxygen atoms in total. The van der Waals surface area contributed by atoms with Gasteiger partial charge >= 0.3 is 0 Å². The highest BCUT2D eigenvalue weighted by atomic mass is 32.2. The van der Waals surface area contributed by atoms with Crippen molar-refractivity contribution in [2.45, 2.75) is 62.1 Å². The van der Waals surface area contributed by atoms with Gasteiger partial charge < -0.3 is 19.7 Å². The number of carbonyl (C=O) groups is 1. The van der Waals surface area contributed by atoms with Crippen LogP contribution in [0.2, 0.25) is 0 Å². The fourth-order valence-corrected chi connectivity index (χ4v) is 4.52. The molecular weight excluding hydrogens is 360 g/mol. The van der Waals surface area contributed by atoms with Crippen molar-refractivity contribution in [1.82, 2.24) is 10.2 Å². The van der Waals surface area contributed by atoms with Gasteiger partial charge in [0.1, 0.15) is 0 Å². The van der Waals surface area contributed by atoms with Crippen molar-refractivity contribution in [3.8, 4) is 11.5 Å². The maximum absolute atomic E-state index is 12.4. The molecule has 1 aromatic carbocycles. The van der Waals surface area contributed by atoms with Crippen LogP contribution in [0.4, 0.5) is 0 Å². The first kappa shape index (κ1) is 21.9. The Bertz CT molecular complexity index is 597. The summed E-state index contributed by atoms with van der Waals surface area (Å²) in [5.41, 5.74) is 0. The zero-order valence-electron chi connectivity index (χ0n) is 17.1. The minimum Gasteiger partial charge on any atom is -0.493 e. The molecule has 1 aliphatic heterocycles. The van der Waals surface area contributed by atoms with Crippen LogP contribution in [0.1, 0.15) is 46.0 Å². The summed E-state index contributed by atoms with van der Waals surface area (Å²) < 4.78 is 10.6. The molecule has 1 amide bonds. The molecule has 0 saturated carbocycles. The number of thioether (sulfide) groups is 1. The molecule has 2 atom stereocenters. The van der Waals surface area contributed by atoms with Gasteiger partial charge in [-0.2, -0.15) is 0 Å². The first-order valence-electron chi connectivity index (χ1n) is 9.99. The lowest BCUT2D eigenvalue weighted by molar-refractivity contribution is -0.120. The Labute approximate surface area is 168 Å². The number of likely N-dealkylation sites (tertiary alicyclic amines) is 1. The number of methoxy groups -OCH3 is 2. The summed E-state index contributed by atoms with van der Waals surface area (Å²) in [7, 11) is 3.24. The van der Waals surface area contributed by atoms with E-state index in [4.69, 9.17) is 9.47 Å². The number of piperidine rings is 1. The molecule has 1 aliphatic rings. The van der Waals surface area contributed by atoms with Gasteiger partial charge in [0.25, 0.3) is 0 Å². The van der Waals surface area contributed by atoms with Gasteiger partial charge in [-0.15, -0.1) is 11.8 Å². The average molecular weight is 395 g/mol. The molecule has 0 spiro atoms. The minimum atomic E-state index is -0.151. The second-order valence-electron chi connectivity index (χ2n) is 7.02. The van der Waals surface area contributed by atoms with Crippen molar-refractivity contribution < 1.29 is 14.3 Å². The summed E-state index contributed by atoms with van der Waals surface area (Å²) in [5.74, 6) is 1.46. The van der Waals surface area contributed by atoms with E-state index >= 15 is 0 Å². The zero-order valence-corrected chi connectivity index (χ0v) is 17.9. The van der Waals surface area contributed by atoms with Crippen molar-refractivity contribution in [1.29, 1.82) is 0 Å². The average Bonchev–Trinajstić information content (AvgIpc) is 2.71. The van der Waals surface area contributed by atoms with Crippen LogP contribution in [0.3, 0.4) is 0 Å². The zero-order chi connectivity index (χ0) is 19.6. The van der Waals surface area contributed by atoms with Gasteiger partial charge in [-0.25, -0.2) is 0 Å². The predicted octanol–water partition coefficient (Wildman–Crippen LogP) is 3.96. The molecule has 6 heteroatoms. The molecule has 0 radical (unpaired) electrons. The number of hydrogen-bond acceptors (Lipinski definition) is 5. The highest BCUT2D eigenvalue weighted by molar-refractivity contribution is 8.00. The Balaban J connectivity index is 1.74. The van der Waals surface area contributed by atoms with E-state index in [2.05, 4.69) is 17.1 Å². The SMILES string of the molecule is CC[C@@H]1CCCCN1CCCNC(=O)[C@@H](C)Sc1ccc(OC)c(OC)c1. The fourth-order valence-electron chi connectivity index (χ4n) is 3.60. The van der Waals surface area contributed by atoms with E-state index in [1.165, 1.54) is 44.0 Å². The molecule has 0 aromatic heterocycles. The third kappa shape index (κ3) is 6.61. The largest absolute Gasteiger partial charge is 0.493 e. The molecule has 2 rings (SSSR count). The van der Waals surface area contributed by atoms with Crippen LogP contribution < -0.4 is 14.8 Å². The highest BCUT2D eigenvalue weighted by Gasteiger charge is 2.20. The van der Waals surface area contributed by atoms with E-state index < -0.39 is 0 Å². The van der Waals surface area contributed by atoms with E-state index in [-0.39, 0.29) is 11.2 Å². The van der Waals surface area contributed by atoms with Crippen molar-refractivity contribution in [3.05, 3.63) is 18.2 Å². The monoisotopic (exact) mass is 394 g/mol. The van der Waals surface area contributed by atoms with E-state index in [9.17, 15) is 4.79 Å². The first-order chi connectivity index (χ1) is 13.1. The number of ether oxygens (including phenoxy) is 2. The van der Waals surface area contributed by atoms with Crippen molar-refractivity contribution in [2.75, 3.05) is 33.9 Å². The van der Waals surface area contributed by atoms with Crippen LogP contribution in [-0.2, 0) is 4.79 Å². The summed E-state index contributed by atoms with van der Waals surface area (Å²) in [6.45, 7) is 7.24. The normalized spacial score (nSPS) is 18.7. The molecule has 1 aromatic rings. The standard InChI is InChI=1S/C21H34N2O3S/c1-5-17-9-6-7-13-23(17)14-8-12-22-21(24)16(2)27-18-10-11-19(25-3)20(15-18)26-4/h10-11,15-17H,5-9,12-14H2,1-4H3,(H,22,24)/t16-,17-/m1/s1. The fraction of sp³-hybridized carbons (Fsp3) is 0.667. The van der Waals surface area contributed by atoms with Crippen molar-refractivity contribution in [3.63, 3.8) is 0 Å². The van der Waals surface area contributed by atoms with E-state index in [1.54, 1.807) is 14.2 Å². The van der Waals surface area contributed by atoms with Crippen LogP contribution in [0.15, 0.2) is 23.1 Å². The van der Waals surface area contributed by atoms with Gasteiger partial charge in [0.15, 0.2) is 11.5 Å². The van der Waals surface area contributed by atoms with Gasteiger partial charge in [-0.05, 0) is 57.4 Å². The lowest BCUT2D eigenvalue weighted by Gasteiger charge is -2.35. The lowest BCUT2D eigenvalue weighted by Crippen LogP contribution is -2.41. The second kappa shape index (κ2) is 11.4. The van der Waals surface area contributed by atoms with E-state index in [1.807, 2.05) is 25.1 Å². The molecule has 0 aliphatic carbocycles. The van der Waals surface area contributed by atoms with E-state index in [0.717, 1.165) is 30.4 Å². The van der Waals surface area contributed by atoms with Gasteiger partial charge in [0.2, 0.25) is 5.91 Å². The molecule has 152 valence electrons. The van der Waals surface area contributed by atoms with Crippen LogP contribution in [0.25, 0.3) is 0 Å². The molecule has 1 saturated heterocycles. The molecule has 0 unspecified atom stereocenters. The Hall–Kier alpha value is -1.40. The number of nitrogens with one attached hydrogen (secondary N) is 1. The Kier molecular flexibility index (Phi) is 9.28. The Morgan fingerprint density at radius 2 is 2.07 bits per heavy atom. The van der Waals surface area contributed by atoms with Gasteiger partial charge in [0.05, 0.1) is 19.5 Å². The molecular formula is C21H34N2O3S.